The molecule has 2 heterocycles. The molecule has 0 aromatic carbocycles. The molecule has 0 spiro atoms. The molecule has 0 saturated carbocycles. The Morgan fingerprint density at radius 1 is 1.50 bits per heavy atom. The van der Waals surface area contributed by atoms with Crippen LogP contribution in [0.25, 0.3) is 6.08 Å². The van der Waals surface area contributed by atoms with Crippen molar-refractivity contribution >= 4 is 29.4 Å². The van der Waals surface area contributed by atoms with Crippen molar-refractivity contribution in [2.24, 2.45) is 0 Å². The van der Waals surface area contributed by atoms with Gasteiger partial charge in [0.1, 0.15) is 0 Å². The van der Waals surface area contributed by atoms with Crippen LogP contribution in [-0.2, 0) is 0 Å². The Morgan fingerprint density at radius 2 is 2.33 bits per heavy atom. The molecule has 0 aliphatic carbocycles. The van der Waals surface area contributed by atoms with Crippen LogP contribution in [0.4, 0.5) is 0 Å². The van der Waals surface area contributed by atoms with Gasteiger partial charge in [0, 0.05) is 5.75 Å². The quantitative estimate of drug-likeness (QED) is 0.600. The fourth-order valence-corrected chi connectivity index (χ4v) is 2.23. The molecule has 0 fully saturated rings. The summed E-state index contributed by atoms with van der Waals surface area (Å²) in [4.78, 5) is 9.36. The maximum Gasteiger partial charge on any atom is 0.223 e. The van der Waals surface area contributed by atoms with Gasteiger partial charge in [-0.3, -0.25) is 0 Å². The van der Waals surface area contributed by atoms with Gasteiger partial charge in [-0.05, 0) is 24.6 Å². The SMILES string of the molecule is Cc1nc(Cl)nc2c1SCC=C2. The van der Waals surface area contributed by atoms with Crippen molar-refractivity contribution in [3.8, 4) is 0 Å². The van der Waals surface area contributed by atoms with Gasteiger partial charge in [-0.2, -0.15) is 0 Å². The van der Waals surface area contributed by atoms with Crippen LogP contribution in [-0.4, -0.2) is 15.7 Å². The predicted octanol–water partition coefficient (Wildman–Crippen LogP) is 2.56. The lowest BCUT2D eigenvalue weighted by Gasteiger charge is -2.10. The van der Waals surface area contributed by atoms with E-state index in [1.165, 1.54) is 0 Å². The van der Waals surface area contributed by atoms with Crippen molar-refractivity contribution in [3.05, 3.63) is 22.7 Å². The number of aromatic nitrogens is 2. The number of thioether (sulfide) groups is 1. The van der Waals surface area contributed by atoms with Gasteiger partial charge in [0.05, 0.1) is 16.3 Å². The molecule has 12 heavy (non-hydrogen) atoms. The minimum atomic E-state index is 0.332. The highest BCUT2D eigenvalue weighted by Gasteiger charge is 2.11. The van der Waals surface area contributed by atoms with Crippen molar-refractivity contribution in [1.29, 1.82) is 0 Å². The first kappa shape index (κ1) is 8.08. The van der Waals surface area contributed by atoms with Crippen LogP contribution >= 0.6 is 23.4 Å². The summed E-state index contributed by atoms with van der Waals surface area (Å²) in [6.45, 7) is 1.96. The molecule has 0 radical (unpaired) electrons. The minimum absolute atomic E-state index is 0.332. The van der Waals surface area contributed by atoms with Gasteiger partial charge in [-0.25, -0.2) is 9.97 Å². The summed E-state index contributed by atoms with van der Waals surface area (Å²) in [5.41, 5.74) is 1.92. The maximum atomic E-state index is 5.72. The predicted molar refractivity (Wildman–Crippen MR) is 51.5 cm³/mol. The average molecular weight is 199 g/mol. The topological polar surface area (TPSA) is 25.8 Å². The summed E-state index contributed by atoms with van der Waals surface area (Å²) >= 11 is 7.47. The smallest absolute Gasteiger partial charge is 0.222 e. The molecule has 0 saturated heterocycles. The summed E-state index contributed by atoms with van der Waals surface area (Å²) in [6, 6.07) is 0. The van der Waals surface area contributed by atoms with Crippen LogP contribution in [0.2, 0.25) is 5.28 Å². The third kappa shape index (κ3) is 1.34. The number of halogens is 1. The molecule has 2 nitrogen and oxygen atoms in total. The molecule has 1 aliphatic heterocycles. The number of aryl methyl sites for hydroxylation is 1. The number of nitrogens with zero attached hydrogens (tertiary/aromatic N) is 2. The maximum absolute atomic E-state index is 5.72. The number of fused-ring (bicyclic) bond motifs is 1. The normalized spacial score (nSPS) is 14.5. The molecule has 0 atom stereocenters. The summed E-state index contributed by atoms with van der Waals surface area (Å²) in [7, 11) is 0. The fraction of sp³-hybridized carbons (Fsp3) is 0.250. The Bertz CT molecular complexity index is 349. The van der Waals surface area contributed by atoms with E-state index in [2.05, 4.69) is 16.0 Å². The number of hydrogen-bond acceptors (Lipinski definition) is 3. The lowest BCUT2D eigenvalue weighted by Crippen LogP contribution is -1.98. The molecule has 2 rings (SSSR count). The molecule has 0 N–H and O–H groups in total. The van der Waals surface area contributed by atoms with Crippen molar-refractivity contribution in [3.63, 3.8) is 0 Å². The molecule has 62 valence electrons. The first-order valence-corrected chi connectivity index (χ1v) is 4.97. The van der Waals surface area contributed by atoms with Crippen molar-refractivity contribution < 1.29 is 0 Å². The molecule has 1 aromatic rings. The molecule has 1 aliphatic rings. The molecular weight excluding hydrogens is 192 g/mol. The fourth-order valence-electron chi connectivity index (χ4n) is 1.13. The van der Waals surface area contributed by atoms with E-state index in [0.29, 0.717) is 5.28 Å². The highest BCUT2D eigenvalue weighted by Crippen LogP contribution is 2.29. The second-order valence-electron chi connectivity index (χ2n) is 2.51. The van der Waals surface area contributed by atoms with Gasteiger partial charge in [-0.15, -0.1) is 11.8 Å². The second-order valence-corrected chi connectivity index (χ2v) is 3.87. The Balaban J connectivity index is 2.62. The van der Waals surface area contributed by atoms with E-state index >= 15 is 0 Å². The van der Waals surface area contributed by atoms with Crippen molar-refractivity contribution in [1.82, 2.24) is 9.97 Å². The van der Waals surface area contributed by atoms with E-state index in [1.807, 2.05) is 13.0 Å². The Hall–Kier alpha value is -0.540. The largest absolute Gasteiger partial charge is 0.223 e. The van der Waals surface area contributed by atoms with E-state index < -0.39 is 0 Å². The first-order valence-electron chi connectivity index (χ1n) is 3.61. The number of hydrogen-bond donors (Lipinski definition) is 0. The molecule has 0 unspecified atom stereocenters. The minimum Gasteiger partial charge on any atom is -0.222 e. The third-order valence-electron chi connectivity index (χ3n) is 1.63. The van der Waals surface area contributed by atoms with Gasteiger partial charge < -0.3 is 0 Å². The van der Waals surface area contributed by atoms with Crippen LogP contribution in [0.5, 0.6) is 0 Å². The zero-order valence-electron chi connectivity index (χ0n) is 6.54. The van der Waals surface area contributed by atoms with E-state index in [1.54, 1.807) is 11.8 Å². The molecule has 4 heteroatoms. The highest BCUT2D eigenvalue weighted by atomic mass is 35.5. The zero-order valence-corrected chi connectivity index (χ0v) is 8.11. The summed E-state index contributed by atoms with van der Waals surface area (Å²) < 4.78 is 0. The molecule has 0 amide bonds. The van der Waals surface area contributed by atoms with E-state index in [-0.39, 0.29) is 0 Å². The van der Waals surface area contributed by atoms with Crippen LogP contribution in [0.3, 0.4) is 0 Å². The van der Waals surface area contributed by atoms with Crippen LogP contribution < -0.4 is 0 Å². The van der Waals surface area contributed by atoms with E-state index in [0.717, 1.165) is 22.0 Å². The van der Waals surface area contributed by atoms with Crippen molar-refractivity contribution in [2.45, 2.75) is 11.8 Å². The van der Waals surface area contributed by atoms with Gasteiger partial charge >= 0.3 is 0 Å². The summed E-state index contributed by atoms with van der Waals surface area (Å²) in [5.74, 6) is 0.999. The molecular formula is C8H7ClN2S. The van der Waals surface area contributed by atoms with Gasteiger partial charge in [-0.1, -0.05) is 6.08 Å². The summed E-state index contributed by atoms with van der Waals surface area (Å²) in [6.07, 6.45) is 4.07. The lowest BCUT2D eigenvalue weighted by atomic mass is 10.3. The molecule has 1 aromatic heterocycles. The monoisotopic (exact) mass is 198 g/mol. The summed E-state index contributed by atoms with van der Waals surface area (Å²) in [5, 5.41) is 0.332. The molecule has 0 bridgehead atoms. The van der Waals surface area contributed by atoms with Crippen LogP contribution in [0, 0.1) is 6.92 Å². The van der Waals surface area contributed by atoms with E-state index in [9.17, 15) is 0 Å². The highest BCUT2D eigenvalue weighted by molar-refractivity contribution is 7.99. The van der Waals surface area contributed by atoms with Crippen molar-refractivity contribution in [2.75, 3.05) is 5.75 Å². The third-order valence-corrected chi connectivity index (χ3v) is 2.95. The van der Waals surface area contributed by atoms with Crippen LogP contribution in [0.1, 0.15) is 11.4 Å². The lowest BCUT2D eigenvalue weighted by molar-refractivity contribution is 1.01. The van der Waals surface area contributed by atoms with E-state index in [4.69, 9.17) is 11.6 Å². The average Bonchev–Trinajstić information content (AvgIpc) is 2.04. The standard InChI is InChI=1S/C8H7ClN2S/c1-5-7-6(3-2-4-12-7)11-8(9)10-5/h2-3H,4H2,1H3. The first-order chi connectivity index (χ1) is 5.77. The Kier molecular flexibility index (Phi) is 2.07. The van der Waals surface area contributed by atoms with Gasteiger partial charge in [0.25, 0.3) is 0 Å². The zero-order chi connectivity index (χ0) is 8.55. The Morgan fingerprint density at radius 3 is 3.17 bits per heavy atom. The Labute approximate surface area is 80.1 Å². The van der Waals surface area contributed by atoms with Gasteiger partial charge in [0.15, 0.2) is 0 Å². The van der Waals surface area contributed by atoms with Gasteiger partial charge in [0.2, 0.25) is 5.28 Å². The second kappa shape index (κ2) is 3.07. The number of rotatable bonds is 0. The van der Waals surface area contributed by atoms with Crippen LogP contribution in [0.15, 0.2) is 11.0 Å².